The van der Waals surface area contributed by atoms with Gasteiger partial charge in [0, 0.05) is 13.1 Å². The first-order valence-electron chi connectivity index (χ1n) is 4.50. The molecule has 0 saturated heterocycles. The highest BCUT2D eigenvalue weighted by molar-refractivity contribution is 6.57. The zero-order chi connectivity index (χ0) is 11.0. The van der Waals surface area contributed by atoms with Gasteiger partial charge >= 0.3 is 7.12 Å². The van der Waals surface area contributed by atoms with Crippen molar-refractivity contribution in [3.05, 3.63) is 18.2 Å². The van der Waals surface area contributed by atoms with Gasteiger partial charge in [0.15, 0.2) is 0 Å². The molecule has 78 valence electrons. The van der Waals surface area contributed by atoms with Gasteiger partial charge in [0.1, 0.15) is 11.5 Å². The van der Waals surface area contributed by atoms with Crippen molar-refractivity contribution in [1.29, 1.82) is 0 Å². The predicted molar refractivity (Wildman–Crippen MR) is 57.1 cm³/mol. The van der Waals surface area contributed by atoms with Gasteiger partial charge in [-0.15, -0.1) is 0 Å². The maximum absolute atomic E-state index is 9.07. The van der Waals surface area contributed by atoms with Crippen molar-refractivity contribution < 1.29 is 14.8 Å². The van der Waals surface area contributed by atoms with E-state index in [1.165, 1.54) is 0 Å². The van der Waals surface area contributed by atoms with Crippen molar-refractivity contribution in [3.8, 4) is 5.75 Å². The Morgan fingerprint density at radius 3 is 2.73 bits per heavy atom. The second-order valence-corrected chi connectivity index (χ2v) is 3.26. The lowest BCUT2D eigenvalue weighted by molar-refractivity contribution is 0.415. The van der Waals surface area contributed by atoms with Crippen LogP contribution in [0.15, 0.2) is 18.2 Å². The third kappa shape index (κ3) is 1.58. The molecule has 6 heteroatoms. The van der Waals surface area contributed by atoms with E-state index < -0.39 is 7.12 Å². The number of rotatable bonds is 2. The number of fused-ring (bicyclic) bond motifs is 1. The number of hydrogen-bond acceptors (Lipinski definition) is 4. The molecule has 0 unspecified atom stereocenters. The summed E-state index contributed by atoms with van der Waals surface area (Å²) in [7, 11) is 1.75. The Bertz CT molecular complexity index is 495. The Morgan fingerprint density at radius 2 is 2.13 bits per heavy atom. The number of ether oxygens (including phenoxy) is 1. The van der Waals surface area contributed by atoms with Crippen LogP contribution in [0.4, 0.5) is 0 Å². The van der Waals surface area contributed by atoms with E-state index in [1.807, 2.05) is 6.07 Å². The van der Waals surface area contributed by atoms with E-state index in [2.05, 4.69) is 4.98 Å². The minimum absolute atomic E-state index is 0.221. The van der Waals surface area contributed by atoms with E-state index in [0.717, 1.165) is 5.52 Å². The molecule has 0 atom stereocenters. The van der Waals surface area contributed by atoms with Gasteiger partial charge in [0.25, 0.3) is 0 Å². The van der Waals surface area contributed by atoms with E-state index in [1.54, 1.807) is 30.9 Å². The summed E-state index contributed by atoms with van der Waals surface area (Å²) in [4.78, 5) is 4.10. The number of hydrogen-bond donors (Lipinski definition) is 2. The molecule has 1 heterocycles. The summed E-state index contributed by atoms with van der Waals surface area (Å²) >= 11 is 0. The van der Waals surface area contributed by atoms with E-state index >= 15 is 0 Å². The van der Waals surface area contributed by atoms with Crippen LogP contribution in [0.1, 0.15) is 0 Å². The lowest BCUT2D eigenvalue weighted by Gasteiger charge is -2.00. The quantitative estimate of drug-likeness (QED) is 0.635. The van der Waals surface area contributed by atoms with Crippen LogP contribution in [0.2, 0.25) is 0 Å². The molecular weight excluding hydrogens is 195 g/mol. The first-order chi connectivity index (χ1) is 7.13. The van der Waals surface area contributed by atoms with E-state index in [-0.39, 0.29) is 5.72 Å². The second kappa shape index (κ2) is 3.56. The molecule has 2 rings (SSSR count). The highest BCUT2D eigenvalue weighted by atomic mass is 16.5. The molecule has 2 aromatic rings. The summed E-state index contributed by atoms with van der Waals surface area (Å²) in [5.41, 5.74) is 1.73. The molecule has 2 N–H and O–H groups in total. The van der Waals surface area contributed by atoms with Crippen LogP contribution in [0.5, 0.6) is 5.75 Å². The summed E-state index contributed by atoms with van der Waals surface area (Å²) in [6, 6.07) is 5.38. The van der Waals surface area contributed by atoms with E-state index in [0.29, 0.717) is 11.3 Å². The fourth-order valence-corrected chi connectivity index (χ4v) is 1.56. The topological polar surface area (TPSA) is 67.5 Å². The number of imidazole rings is 1. The summed E-state index contributed by atoms with van der Waals surface area (Å²) < 4.78 is 6.70. The number of aryl methyl sites for hydroxylation is 1. The van der Waals surface area contributed by atoms with Crippen LogP contribution in [-0.2, 0) is 7.05 Å². The van der Waals surface area contributed by atoms with Crippen LogP contribution in [-0.4, -0.2) is 33.8 Å². The number of nitrogens with zero attached hydrogens (tertiary/aromatic N) is 2. The van der Waals surface area contributed by atoms with Crippen molar-refractivity contribution in [3.63, 3.8) is 0 Å². The molecular formula is C9H11BN2O3. The molecule has 0 radical (unpaired) electrons. The molecule has 0 aliphatic rings. The van der Waals surface area contributed by atoms with Gasteiger partial charge in [-0.05, 0) is 12.1 Å². The predicted octanol–water partition coefficient (Wildman–Crippen LogP) is -0.738. The minimum Gasteiger partial charge on any atom is -0.497 e. The minimum atomic E-state index is -1.56. The standard InChI is InChI=1S/C9H11BN2O3/c1-12-8-4-3-6(15-2)5-7(8)11-9(12)10(13)14/h3-5,13-14H,1-2H3. The van der Waals surface area contributed by atoms with Crippen LogP contribution in [0, 0.1) is 0 Å². The number of methoxy groups -OCH3 is 1. The zero-order valence-electron chi connectivity index (χ0n) is 8.51. The number of benzene rings is 1. The smallest absolute Gasteiger partial charge is 0.497 e. The molecule has 0 spiro atoms. The Morgan fingerprint density at radius 1 is 1.40 bits per heavy atom. The van der Waals surface area contributed by atoms with Crippen molar-refractivity contribution in [2.75, 3.05) is 7.11 Å². The van der Waals surface area contributed by atoms with Crippen molar-refractivity contribution in [1.82, 2.24) is 9.55 Å². The lowest BCUT2D eigenvalue weighted by atomic mass is 9.91. The fraction of sp³-hybridized carbons (Fsp3) is 0.222. The monoisotopic (exact) mass is 206 g/mol. The third-order valence-electron chi connectivity index (χ3n) is 2.35. The molecule has 15 heavy (non-hydrogen) atoms. The van der Waals surface area contributed by atoms with Crippen LogP contribution < -0.4 is 10.5 Å². The largest absolute Gasteiger partial charge is 0.526 e. The van der Waals surface area contributed by atoms with E-state index in [9.17, 15) is 0 Å². The molecule has 0 aliphatic heterocycles. The second-order valence-electron chi connectivity index (χ2n) is 3.26. The van der Waals surface area contributed by atoms with Crippen LogP contribution >= 0.6 is 0 Å². The maximum atomic E-state index is 9.07. The van der Waals surface area contributed by atoms with Gasteiger partial charge in [0.05, 0.1) is 18.1 Å². The molecule has 1 aromatic carbocycles. The number of aromatic nitrogens is 2. The van der Waals surface area contributed by atoms with E-state index in [4.69, 9.17) is 14.8 Å². The summed E-state index contributed by atoms with van der Waals surface area (Å²) in [5.74, 6) is 0.694. The van der Waals surface area contributed by atoms with Gasteiger partial charge in [-0.3, -0.25) is 0 Å². The molecule has 0 fully saturated rings. The normalized spacial score (nSPS) is 10.7. The average molecular weight is 206 g/mol. The fourth-order valence-electron chi connectivity index (χ4n) is 1.56. The average Bonchev–Trinajstić information content (AvgIpc) is 2.55. The summed E-state index contributed by atoms with van der Waals surface area (Å²) in [5, 5.41) is 18.1. The van der Waals surface area contributed by atoms with Crippen molar-refractivity contribution in [2.24, 2.45) is 7.05 Å². The summed E-state index contributed by atoms with van der Waals surface area (Å²) in [6.45, 7) is 0. The highest BCUT2D eigenvalue weighted by Gasteiger charge is 2.19. The van der Waals surface area contributed by atoms with Crippen LogP contribution in [0.25, 0.3) is 11.0 Å². The SMILES string of the molecule is COc1ccc2c(c1)nc(B(O)O)n2C. The highest BCUT2D eigenvalue weighted by Crippen LogP contribution is 2.17. The lowest BCUT2D eigenvalue weighted by Crippen LogP contribution is -2.37. The Kier molecular flexibility index (Phi) is 2.38. The Labute approximate surface area is 87.1 Å². The molecule has 0 aliphatic carbocycles. The molecule has 5 nitrogen and oxygen atoms in total. The molecule has 1 aromatic heterocycles. The Balaban J connectivity index is 2.65. The molecule has 0 saturated carbocycles. The third-order valence-corrected chi connectivity index (χ3v) is 2.35. The van der Waals surface area contributed by atoms with Crippen molar-refractivity contribution in [2.45, 2.75) is 0 Å². The first-order valence-corrected chi connectivity index (χ1v) is 4.50. The van der Waals surface area contributed by atoms with Gasteiger partial charge < -0.3 is 19.4 Å². The zero-order valence-corrected chi connectivity index (χ0v) is 8.51. The van der Waals surface area contributed by atoms with Crippen molar-refractivity contribution >= 4 is 23.9 Å². The Hall–Kier alpha value is -1.53. The van der Waals surface area contributed by atoms with Gasteiger partial charge in [-0.25, -0.2) is 4.98 Å². The van der Waals surface area contributed by atoms with Gasteiger partial charge in [0.2, 0.25) is 0 Å². The summed E-state index contributed by atoms with van der Waals surface area (Å²) in [6.07, 6.45) is 0. The van der Waals surface area contributed by atoms with Crippen LogP contribution in [0.3, 0.4) is 0 Å². The van der Waals surface area contributed by atoms with Gasteiger partial charge in [-0.1, -0.05) is 0 Å². The molecule has 0 amide bonds. The first kappa shape index (κ1) is 10.0. The van der Waals surface area contributed by atoms with Gasteiger partial charge in [-0.2, -0.15) is 0 Å². The maximum Gasteiger partial charge on any atom is 0.526 e. The molecule has 0 bridgehead atoms.